The number of carbonyl (C=O) groups is 5. The predicted molar refractivity (Wildman–Crippen MR) is 264 cm³/mol. The van der Waals surface area contributed by atoms with Gasteiger partial charge in [0.15, 0.2) is 0 Å². The molecule has 5 N–H and O–H groups in total. The number of amides is 5. The normalized spacial score (nSPS) is 17.9. The summed E-state index contributed by atoms with van der Waals surface area (Å²) in [6.07, 6.45) is 4.82. The van der Waals surface area contributed by atoms with Crippen LogP contribution in [-0.4, -0.2) is 112 Å². The Morgan fingerprint density at radius 2 is 1.42 bits per heavy atom. The second-order valence-electron chi connectivity index (χ2n) is 18.0. The van der Waals surface area contributed by atoms with Crippen molar-refractivity contribution in [2.24, 2.45) is 0 Å². The molecule has 6 aromatic rings. The number of nitrogens with one attached hydrogen (secondary N) is 4. The van der Waals surface area contributed by atoms with Gasteiger partial charge in [0.05, 0.1) is 74.3 Å². The Kier molecular flexibility index (Phi) is 15.5. The van der Waals surface area contributed by atoms with E-state index >= 15 is 0 Å². The zero-order valence-electron chi connectivity index (χ0n) is 39.4. The van der Waals surface area contributed by atoms with E-state index in [9.17, 15) is 34.5 Å². The molecule has 17 heteroatoms. The zero-order chi connectivity index (χ0) is 49.3. The Hall–Kier alpha value is -7.31. The van der Waals surface area contributed by atoms with E-state index in [2.05, 4.69) is 56.9 Å². The van der Waals surface area contributed by atoms with Crippen LogP contribution in [0.15, 0.2) is 109 Å². The van der Waals surface area contributed by atoms with Crippen molar-refractivity contribution >= 4 is 46.3 Å². The van der Waals surface area contributed by atoms with Gasteiger partial charge in [0.1, 0.15) is 17.2 Å². The highest BCUT2D eigenvalue weighted by atomic mass is 16.5. The molecule has 1 saturated heterocycles. The third-order valence-corrected chi connectivity index (χ3v) is 13.3. The van der Waals surface area contributed by atoms with Gasteiger partial charge < -0.3 is 39.1 Å². The summed E-state index contributed by atoms with van der Waals surface area (Å²) >= 11 is 0. The summed E-state index contributed by atoms with van der Waals surface area (Å²) in [6, 6.07) is 32.5. The molecule has 0 spiro atoms. The fraction of sp³-hybridized carbons (Fsp3) is 0.352. The number of hydrogen-bond acceptors (Lipinski definition) is 12. The number of anilines is 1. The van der Waals surface area contributed by atoms with Crippen molar-refractivity contribution < 1.29 is 43.3 Å². The van der Waals surface area contributed by atoms with E-state index in [0.29, 0.717) is 76.7 Å². The fourth-order valence-corrected chi connectivity index (χ4v) is 9.75. The second kappa shape index (κ2) is 22.6. The largest absolute Gasteiger partial charge is 0.393 e. The summed E-state index contributed by atoms with van der Waals surface area (Å²) in [7, 11) is 0. The van der Waals surface area contributed by atoms with Crippen LogP contribution in [0.5, 0.6) is 0 Å². The molecule has 1 atom stereocenters. The molecule has 5 amide bonds. The van der Waals surface area contributed by atoms with Gasteiger partial charge in [0, 0.05) is 49.8 Å². The van der Waals surface area contributed by atoms with Gasteiger partial charge in [-0.15, -0.1) is 0 Å². The summed E-state index contributed by atoms with van der Waals surface area (Å²) < 4.78 is 21.1. The van der Waals surface area contributed by atoms with Crippen LogP contribution in [0.3, 0.4) is 0 Å². The number of fused-ring (bicyclic) bond motifs is 2. The van der Waals surface area contributed by atoms with Gasteiger partial charge in [-0.05, 0) is 66.5 Å². The van der Waals surface area contributed by atoms with E-state index in [1.54, 1.807) is 24.5 Å². The number of hydrogen-bond donors (Lipinski definition) is 5. The average Bonchev–Trinajstić information content (AvgIpc) is 3.85. The second-order valence-corrected chi connectivity index (χ2v) is 18.0. The molecule has 17 nitrogen and oxygen atoms in total. The minimum absolute atomic E-state index is 0.0504. The molecule has 4 aromatic carbocycles. The molecule has 1 saturated carbocycles. The van der Waals surface area contributed by atoms with Gasteiger partial charge in [0.25, 0.3) is 11.8 Å². The van der Waals surface area contributed by atoms with Gasteiger partial charge in [-0.1, -0.05) is 91.0 Å². The number of nitrogens with zero attached hydrogens (tertiary/aromatic N) is 4. The fourth-order valence-electron chi connectivity index (χ4n) is 9.75. The summed E-state index contributed by atoms with van der Waals surface area (Å²) in [6.45, 7) is 3.00. The van der Waals surface area contributed by atoms with Gasteiger partial charge >= 0.3 is 0 Å². The van der Waals surface area contributed by atoms with Crippen molar-refractivity contribution in [3.8, 4) is 22.4 Å². The van der Waals surface area contributed by atoms with E-state index in [1.165, 1.54) is 0 Å². The lowest BCUT2D eigenvalue weighted by atomic mass is 9.93. The van der Waals surface area contributed by atoms with Gasteiger partial charge in [-0.25, -0.2) is 4.98 Å². The number of benzene rings is 4. The van der Waals surface area contributed by atoms with Gasteiger partial charge in [-0.3, -0.25) is 39.6 Å². The lowest BCUT2D eigenvalue weighted by Gasteiger charge is -2.27. The van der Waals surface area contributed by atoms with Crippen LogP contribution in [0.1, 0.15) is 82.8 Å². The Labute approximate surface area is 410 Å². The first-order valence-electron chi connectivity index (χ1n) is 24.3. The first-order chi connectivity index (χ1) is 34.7. The van der Waals surface area contributed by atoms with Crippen LogP contribution in [0.4, 0.5) is 5.69 Å². The van der Waals surface area contributed by atoms with Crippen molar-refractivity contribution in [3.05, 3.63) is 137 Å². The number of aliphatic hydroxyl groups is 1. The van der Waals surface area contributed by atoms with Gasteiger partial charge in [0.2, 0.25) is 17.7 Å². The topological polar surface area (TPSA) is 219 Å². The SMILES string of the molecule is N=c1c2c(-c3ccccc3)c(-c3ccccc3)n(Cc3cccc(CNC(=O)CCOCCOCCOCCNc4cccc5c4C(=O)N(C4CCC(=O)NC4=O)C5=O)c3)c2ncn1C1CCC(O)CC1. The molecule has 9 rings (SSSR count). The van der Waals surface area contributed by atoms with Crippen LogP contribution < -0.4 is 21.4 Å². The van der Waals surface area contributed by atoms with Crippen molar-refractivity contribution in [2.75, 3.05) is 51.5 Å². The molecule has 4 heterocycles. The van der Waals surface area contributed by atoms with Crippen LogP contribution in [0, 0.1) is 5.41 Å². The maximum Gasteiger partial charge on any atom is 0.264 e. The molecule has 2 aromatic heterocycles. The first-order valence-corrected chi connectivity index (χ1v) is 24.3. The number of carbonyl (C=O) groups excluding carboxylic acids is 5. The Morgan fingerprint density at radius 3 is 2.15 bits per heavy atom. The summed E-state index contributed by atoms with van der Waals surface area (Å²) in [5, 5.41) is 29.0. The lowest BCUT2D eigenvalue weighted by Crippen LogP contribution is -2.54. The summed E-state index contributed by atoms with van der Waals surface area (Å²) in [5.41, 5.74) is 7.90. The van der Waals surface area contributed by atoms with Crippen LogP contribution in [0.25, 0.3) is 33.4 Å². The van der Waals surface area contributed by atoms with Crippen molar-refractivity contribution in [1.82, 2.24) is 29.7 Å². The Bertz CT molecular complexity index is 2970. The molecular weight excluding hydrogens is 905 g/mol. The Morgan fingerprint density at radius 1 is 0.746 bits per heavy atom. The smallest absolute Gasteiger partial charge is 0.264 e. The minimum atomic E-state index is -1.03. The highest BCUT2D eigenvalue weighted by Crippen LogP contribution is 2.40. The van der Waals surface area contributed by atoms with E-state index in [4.69, 9.17) is 19.2 Å². The molecule has 2 fully saturated rings. The molecule has 71 heavy (non-hydrogen) atoms. The molecule has 3 aliphatic rings. The number of imide groups is 2. The monoisotopic (exact) mass is 962 g/mol. The van der Waals surface area contributed by atoms with E-state index in [-0.39, 0.29) is 55.0 Å². The summed E-state index contributed by atoms with van der Waals surface area (Å²) in [5.74, 6) is -2.36. The zero-order valence-corrected chi connectivity index (χ0v) is 39.4. The number of rotatable bonds is 21. The molecular formula is C54H58N8O9. The predicted octanol–water partition coefficient (Wildman–Crippen LogP) is 5.74. The highest BCUT2D eigenvalue weighted by molar-refractivity contribution is 6.25. The molecule has 1 aliphatic carbocycles. The highest BCUT2D eigenvalue weighted by Gasteiger charge is 2.45. The molecule has 368 valence electrons. The third kappa shape index (κ3) is 11.0. The number of piperidine rings is 1. The van der Waals surface area contributed by atoms with Crippen molar-refractivity contribution in [1.29, 1.82) is 5.41 Å². The lowest BCUT2D eigenvalue weighted by molar-refractivity contribution is -0.136. The third-order valence-electron chi connectivity index (χ3n) is 13.3. The van der Waals surface area contributed by atoms with E-state index in [0.717, 1.165) is 62.3 Å². The van der Waals surface area contributed by atoms with Crippen molar-refractivity contribution in [2.45, 2.75) is 76.2 Å². The molecule has 2 aliphatic heterocycles. The van der Waals surface area contributed by atoms with Crippen LogP contribution in [0.2, 0.25) is 0 Å². The van der Waals surface area contributed by atoms with E-state index < -0.39 is 29.7 Å². The van der Waals surface area contributed by atoms with Gasteiger partial charge in [-0.2, -0.15) is 0 Å². The minimum Gasteiger partial charge on any atom is -0.393 e. The van der Waals surface area contributed by atoms with Crippen molar-refractivity contribution in [3.63, 3.8) is 0 Å². The molecule has 0 bridgehead atoms. The van der Waals surface area contributed by atoms with Crippen LogP contribution in [-0.2, 0) is 41.7 Å². The standard InChI is InChI=1S/C54H58N8O9/c55-50-48-46(37-11-3-1-4-12-37)49(38-13-5-2-6-14-38)60(51(48)58-34-61(50)39-17-19-40(63)20-18-39)33-36-10-7-9-35(31-36)32-57-44(64)23-25-69-27-29-71-30-28-70-26-24-56-42-16-8-15-41-47(42)54(68)62(53(41)67)43-21-22-45(65)59-52(43)66/h1-16,31,34,39-40,43,55-56,63H,17-30,32-33H2,(H,57,64)(H,59,65,66). The quantitative estimate of drug-likeness (QED) is 0.0433. The number of aromatic nitrogens is 3. The first kappa shape index (κ1) is 48.7. The number of aliphatic hydroxyl groups excluding tert-OH is 1. The maximum atomic E-state index is 13.3. The summed E-state index contributed by atoms with van der Waals surface area (Å²) in [4.78, 5) is 69.3. The Balaban J connectivity index is 0.723. The number of ether oxygens (including phenoxy) is 3. The maximum absolute atomic E-state index is 13.3. The molecule has 1 unspecified atom stereocenters. The van der Waals surface area contributed by atoms with E-state index in [1.807, 2.05) is 53.1 Å². The van der Waals surface area contributed by atoms with Crippen LogP contribution >= 0.6 is 0 Å². The molecule has 0 radical (unpaired) electrons. The average molecular weight is 963 g/mol.